The smallest absolute Gasteiger partial charge is 0.336 e. The number of aryl methyl sites for hydroxylation is 1. The van der Waals surface area contributed by atoms with Gasteiger partial charge in [-0.05, 0) is 43.2 Å². The number of carboxylic acids is 1. The molecule has 2 amide bonds. The van der Waals surface area contributed by atoms with E-state index < -0.39 is 17.9 Å². The highest BCUT2D eigenvalue weighted by Crippen LogP contribution is 2.25. The fraction of sp³-hybridized carbons (Fsp3) is 0.200. The maximum absolute atomic E-state index is 12.6. The quantitative estimate of drug-likeness (QED) is 0.358. The highest BCUT2D eigenvalue weighted by atomic mass is 16.4. The molecule has 1 atom stereocenters. The number of carbonyl (C=O) groups excluding carboxylic acids is 2. The van der Waals surface area contributed by atoms with Gasteiger partial charge in [-0.25, -0.2) is 10.2 Å². The summed E-state index contributed by atoms with van der Waals surface area (Å²) in [6.45, 7) is 5.53. The molecule has 0 radical (unpaired) electrons. The third-order valence-corrected chi connectivity index (χ3v) is 4.93. The summed E-state index contributed by atoms with van der Waals surface area (Å²) in [5, 5.41) is 16.0. The fourth-order valence-electron chi connectivity index (χ4n) is 3.23. The maximum Gasteiger partial charge on any atom is 0.336 e. The molecular weight excluding hydrogens is 422 g/mol. The van der Waals surface area contributed by atoms with Crippen molar-refractivity contribution in [2.75, 3.05) is 0 Å². The molecule has 0 bridgehead atoms. The second-order valence-corrected chi connectivity index (χ2v) is 7.85. The second-order valence-electron chi connectivity index (χ2n) is 7.85. The summed E-state index contributed by atoms with van der Waals surface area (Å²) in [6, 6.07) is 16.1. The van der Waals surface area contributed by atoms with Gasteiger partial charge in [0.1, 0.15) is 17.6 Å². The third-order valence-electron chi connectivity index (χ3n) is 4.93. The number of hydrazone groups is 1. The minimum Gasteiger partial charge on any atom is -0.478 e. The van der Waals surface area contributed by atoms with Crippen molar-refractivity contribution in [3.63, 3.8) is 0 Å². The number of carboxylic acid groups (broad SMARTS) is 1. The Morgan fingerprint density at radius 1 is 1.03 bits per heavy atom. The predicted octanol–water partition coefficient (Wildman–Crippen LogP) is 3.86. The van der Waals surface area contributed by atoms with E-state index in [-0.39, 0.29) is 17.4 Å². The van der Waals surface area contributed by atoms with Gasteiger partial charge in [0.15, 0.2) is 0 Å². The molecule has 0 aliphatic heterocycles. The molecule has 0 fully saturated rings. The molecule has 0 saturated carbocycles. The standard InChI is InChI=1S/C25H25N3O5/c1-15(2)22(27-23(29)17-8-6-7-16(3)13-17)24(30)28-26-14-18-11-12-21(33-18)19-9-4-5-10-20(19)25(31)32/h4-15,22H,1-3H3,(H,27,29)(H,28,30)(H,31,32)/b26-14+/t22-/m0/s1. The molecule has 3 N–H and O–H groups in total. The van der Waals surface area contributed by atoms with E-state index in [4.69, 9.17) is 4.42 Å². The van der Waals surface area contributed by atoms with E-state index in [1.54, 1.807) is 48.5 Å². The zero-order valence-corrected chi connectivity index (χ0v) is 18.5. The molecule has 170 valence electrons. The average molecular weight is 447 g/mol. The van der Waals surface area contributed by atoms with Gasteiger partial charge in [0, 0.05) is 11.1 Å². The van der Waals surface area contributed by atoms with Crippen LogP contribution < -0.4 is 10.7 Å². The van der Waals surface area contributed by atoms with Crippen molar-refractivity contribution >= 4 is 24.0 Å². The van der Waals surface area contributed by atoms with Gasteiger partial charge in [-0.1, -0.05) is 49.7 Å². The maximum atomic E-state index is 12.6. The van der Waals surface area contributed by atoms with Crippen molar-refractivity contribution in [1.29, 1.82) is 0 Å². The lowest BCUT2D eigenvalue weighted by molar-refractivity contribution is -0.123. The van der Waals surface area contributed by atoms with E-state index in [1.165, 1.54) is 12.3 Å². The second kappa shape index (κ2) is 10.4. The van der Waals surface area contributed by atoms with Crippen molar-refractivity contribution in [3.05, 3.63) is 83.1 Å². The summed E-state index contributed by atoms with van der Waals surface area (Å²) in [5.41, 5.74) is 4.40. The van der Waals surface area contributed by atoms with Crippen molar-refractivity contribution in [3.8, 4) is 11.3 Å². The van der Waals surface area contributed by atoms with E-state index in [2.05, 4.69) is 15.8 Å². The van der Waals surface area contributed by atoms with Crippen LogP contribution in [0.4, 0.5) is 0 Å². The lowest BCUT2D eigenvalue weighted by atomic mass is 10.0. The molecule has 0 saturated heterocycles. The summed E-state index contributed by atoms with van der Waals surface area (Å²) < 4.78 is 5.65. The van der Waals surface area contributed by atoms with E-state index in [9.17, 15) is 19.5 Å². The number of amides is 2. The minimum atomic E-state index is -1.06. The average Bonchev–Trinajstić information content (AvgIpc) is 3.25. The number of hydrogen-bond acceptors (Lipinski definition) is 5. The van der Waals surface area contributed by atoms with Crippen LogP contribution in [-0.2, 0) is 4.79 Å². The van der Waals surface area contributed by atoms with Crippen LogP contribution in [-0.4, -0.2) is 35.1 Å². The lowest BCUT2D eigenvalue weighted by Gasteiger charge is -2.20. The summed E-state index contributed by atoms with van der Waals surface area (Å²) in [7, 11) is 0. The normalized spacial score (nSPS) is 12.0. The molecule has 1 heterocycles. The van der Waals surface area contributed by atoms with Crippen LogP contribution >= 0.6 is 0 Å². The van der Waals surface area contributed by atoms with Crippen LogP contribution in [0.5, 0.6) is 0 Å². The van der Waals surface area contributed by atoms with Crippen molar-refractivity contribution in [1.82, 2.24) is 10.7 Å². The summed E-state index contributed by atoms with van der Waals surface area (Å²) in [6.07, 6.45) is 1.31. The number of benzene rings is 2. The van der Waals surface area contributed by atoms with Crippen LogP contribution in [0.1, 0.15) is 45.9 Å². The Kier molecular flexibility index (Phi) is 7.40. The van der Waals surface area contributed by atoms with Gasteiger partial charge in [-0.15, -0.1) is 0 Å². The Labute approximate surface area is 191 Å². The molecule has 8 heteroatoms. The molecule has 0 aliphatic rings. The zero-order valence-electron chi connectivity index (χ0n) is 18.5. The van der Waals surface area contributed by atoms with Gasteiger partial charge >= 0.3 is 5.97 Å². The van der Waals surface area contributed by atoms with Crippen LogP contribution in [0.2, 0.25) is 0 Å². The molecule has 0 unspecified atom stereocenters. The van der Waals surface area contributed by atoms with Gasteiger partial charge in [0.2, 0.25) is 0 Å². The molecule has 3 rings (SSSR count). The first kappa shape index (κ1) is 23.5. The molecule has 8 nitrogen and oxygen atoms in total. The number of aromatic carboxylic acids is 1. The van der Waals surface area contributed by atoms with E-state index >= 15 is 0 Å². The Morgan fingerprint density at radius 2 is 1.79 bits per heavy atom. The Bertz CT molecular complexity index is 1200. The Morgan fingerprint density at radius 3 is 2.48 bits per heavy atom. The van der Waals surface area contributed by atoms with Gasteiger partial charge < -0.3 is 14.8 Å². The van der Waals surface area contributed by atoms with Crippen molar-refractivity contribution in [2.45, 2.75) is 26.8 Å². The number of nitrogens with one attached hydrogen (secondary N) is 2. The SMILES string of the molecule is Cc1cccc(C(=O)N[C@H](C(=O)N/N=C/c2ccc(-c3ccccc3C(=O)O)o2)C(C)C)c1. The molecule has 2 aromatic carbocycles. The highest BCUT2D eigenvalue weighted by Gasteiger charge is 2.24. The Balaban J connectivity index is 1.66. The van der Waals surface area contributed by atoms with Gasteiger partial charge in [-0.3, -0.25) is 9.59 Å². The number of rotatable bonds is 8. The number of carbonyl (C=O) groups is 3. The largest absolute Gasteiger partial charge is 0.478 e. The Hall–Kier alpha value is -4.20. The summed E-state index contributed by atoms with van der Waals surface area (Å²) in [5.74, 6) is -1.34. The number of hydrogen-bond donors (Lipinski definition) is 3. The number of nitrogens with zero attached hydrogens (tertiary/aromatic N) is 1. The van der Waals surface area contributed by atoms with Crippen molar-refractivity contribution < 1.29 is 23.9 Å². The number of furan rings is 1. The lowest BCUT2D eigenvalue weighted by Crippen LogP contribution is -2.48. The monoisotopic (exact) mass is 447 g/mol. The van der Waals surface area contributed by atoms with Crippen LogP contribution in [0.3, 0.4) is 0 Å². The van der Waals surface area contributed by atoms with E-state index in [1.807, 2.05) is 26.8 Å². The van der Waals surface area contributed by atoms with Gasteiger partial charge in [0.25, 0.3) is 11.8 Å². The predicted molar refractivity (Wildman–Crippen MR) is 124 cm³/mol. The summed E-state index contributed by atoms with van der Waals surface area (Å²) in [4.78, 5) is 36.6. The molecular formula is C25H25N3O5. The topological polar surface area (TPSA) is 121 Å². The van der Waals surface area contributed by atoms with Crippen LogP contribution in [0, 0.1) is 12.8 Å². The van der Waals surface area contributed by atoms with Crippen molar-refractivity contribution in [2.24, 2.45) is 11.0 Å². The van der Waals surface area contributed by atoms with E-state index in [0.29, 0.717) is 22.6 Å². The first-order valence-corrected chi connectivity index (χ1v) is 10.4. The zero-order chi connectivity index (χ0) is 24.0. The first-order valence-electron chi connectivity index (χ1n) is 10.4. The minimum absolute atomic E-state index is 0.118. The van der Waals surface area contributed by atoms with E-state index in [0.717, 1.165) is 5.56 Å². The van der Waals surface area contributed by atoms with Crippen LogP contribution in [0.25, 0.3) is 11.3 Å². The molecule has 0 spiro atoms. The van der Waals surface area contributed by atoms with Crippen LogP contribution in [0.15, 0.2) is 70.2 Å². The molecule has 33 heavy (non-hydrogen) atoms. The summed E-state index contributed by atoms with van der Waals surface area (Å²) >= 11 is 0. The third kappa shape index (κ3) is 5.94. The fourth-order valence-corrected chi connectivity index (χ4v) is 3.23. The van der Waals surface area contributed by atoms with Gasteiger partial charge in [-0.2, -0.15) is 5.10 Å². The van der Waals surface area contributed by atoms with Gasteiger partial charge in [0.05, 0.1) is 11.8 Å². The molecule has 0 aliphatic carbocycles. The first-order chi connectivity index (χ1) is 15.8. The molecule has 3 aromatic rings. The molecule has 1 aromatic heterocycles. The highest BCUT2D eigenvalue weighted by molar-refractivity contribution is 5.98.